The molecule has 232 valence electrons. The van der Waals surface area contributed by atoms with E-state index in [9.17, 15) is 29.7 Å². The third-order valence-electron chi connectivity index (χ3n) is 11.1. The Balaban J connectivity index is 1.36. The molecule has 0 aliphatic heterocycles. The van der Waals surface area contributed by atoms with Crippen LogP contribution in [0, 0.1) is 46.8 Å². The fourth-order valence-electron chi connectivity index (χ4n) is 8.45. The maximum atomic E-state index is 12.7. The lowest BCUT2D eigenvalue weighted by Gasteiger charge is -2.58. The quantitative estimate of drug-likeness (QED) is 0.206. The predicted molar refractivity (Wildman–Crippen MR) is 157 cm³/mol. The Bertz CT molecular complexity index is 1190. The zero-order chi connectivity index (χ0) is 31.0. The number of carboxylic acid groups (broad SMARTS) is 1. The second-order valence-electron chi connectivity index (χ2n) is 13.7. The topological polar surface area (TPSA) is 158 Å². The SMILES string of the molecule is C#C[C@@]1(O)CC[C@@H]2[C@@H]3CCC4=C/C(=N\OCC(=O)N[C@H](C(=O)N[C@H](C(=O)O)[C@@H](C)O)C(C)C)CC[C@]4(C)[C@@H]3CC[C@@]21C. The van der Waals surface area contributed by atoms with Gasteiger partial charge in [0, 0.05) is 5.41 Å². The summed E-state index contributed by atoms with van der Waals surface area (Å²) in [6, 6.07) is -2.49. The van der Waals surface area contributed by atoms with Crippen LogP contribution in [0.5, 0.6) is 0 Å². The highest BCUT2D eigenvalue weighted by atomic mass is 16.6. The number of rotatable bonds is 9. The van der Waals surface area contributed by atoms with Gasteiger partial charge in [-0.15, -0.1) is 6.42 Å². The van der Waals surface area contributed by atoms with Gasteiger partial charge in [0.05, 0.1) is 11.8 Å². The van der Waals surface area contributed by atoms with Gasteiger partial charge in [0.2, 0.25) is 5.91 Å². The number of nitrogens with one attached hydrogen (secondary N) is 2. The van der Waals surface area contributed by atoms with Gasteiger partial charge in [-0.25, -0.2) is 4.79 Å². The molecule has 0 aromatic carbocycles. The van der Waals surface area contributed by atoms with E-state index in [1.54, 1.807) is 13.8 Å². The van der Waals surface area contributed by atoms with E-state index in [2.05, 4.69) is 41.6 Å². The van der Waals surface area contributed by atoms with Crippen LogP contribution in [0.25, 0.3) is 0 Å². The number of fused-ring (bicyclic) bond motifs is 5. The van der Waals surface area contributed by atoms with Crippen LogP contribution < -0.4 is 10.6 Å². The summed E-state index contributed by atoms with van der Waals surface area (Å²) in [7, 11) is 0. The van der Waals surface area contributed by atoms with Crippen LogP contribution in [0.3, 0.4) is 0 Å². The minimum atomic E-state index is -1.49. The van der Waals surface area contributed by atoms with Crippen molar-refractivity contribution in [3.63, 3.8) is 0 Å². The third-order valence-corrected chi connectivity index (χ3v) is 11.1. The first kappa shape index (κ1) is 32.0. The van der Waals surface area contributed by atoms with Gasteiger partial charge in [0.1, 0.15) is 11.6 Å². The molecule has 0 unspecified atom stereocenters. The number of terminal acetylenes is 1. The number of amides is 2. The smallest absolute Gasteiger partial charge is 0.328 e. The third kappa shape index (κ3) is 5.70. The molecule has 0 radical (unpaired) electrons. The van der Waals surface area contributed by atoms with Crippen molar-refractivity contribution in [3.8, 4) is 12.3 Å². The normalized spacial score (nSPS) is 36.8. The van der Waals surface area contributed by atoms with Crippen LogP contribution in [0.4, 0.5) is 0 Å². The van der Waals surface area contributed by atoms with Crippen LogP contribution in [-0.2, 0) is 19.2 Å². The van der Waals surface area contributed by atoms with Crippen LogP contribution in [0.2, 0.25) is 0 Å². The molecule has 10 nitrogen and oxygen atoms in total. The van der Waals surface area contributed by atoms with Gasteiger partial charge in [-0.05, 0) is 93.5 Å². The predicted octanol–water partition coefficient (Wildman–Crippen LogP) is 2.78. The largest absolute Gasteiger partial charge is 0.480 e. The van der Waals surface area contributed by atoms with Gasteiger partial charge in [0.25, 0.3) is 5.91 Å². The first-order chi connectivity index (χ1) is 19.7. The minimum Gasteiger partial charge on any atom is -0.480 e. The zero-order valence-electron chi connectivity index (χ0n) is 25.5. The summed E-state index contributed by atoms with van der Waals surface area (Å²) >= 11 is 0. The molecular weight excluding hydrogens is 538 g/mol. The molecule has 2 amide bonds. The van der Waals surface area contributed by atoms with Crippen LogP contribution >= 0.6 is 0 Å². The molecule has 4 aliphatic rings. The molecule has 3 saturated carbocycles. The van der Waals surface area contributed by atoms with E-state index in [4.69, 9.17) is 11.3 Å². The van der Waals surface area contributed by atoms with Gasteiger partial charge >= 0.3 is 5.97 Å². The Morgan fingerprint density at radius 1 is 1.07 bits per heavy atom. The highest BCUT2D eigenvalue weighted by Crippen LogP contribution is 2.67. The molecule has 0 aromatic heterocycles. The van der Waals surface area contributed by atoms with Crippen LogP contribution in [-0.4, -0.2) is 69.2 Å². The second kappa shape index (κ2) is 12.0. The van der Waals surface area contributed by atoms with E-state index >= 15 is 0 Å². The number of allylic oxidation sites excluding steroid dienone is 2. The number of oxime groups is 1. The van der Waals surface area contributed by atoms with Crippen molar-refractivity contribution in [1.82, 2.24) is 10.6 Å². The molecule has 3 fully saturated rings. The van der Waals surface area contributed by atoms with Crippen LogP contribution in [0.1, 0.15) is 86.0 Å². The fraction of sp³-hybridized carbons (Fsp3) is 0.750. The van der Waals surface area contributed by atoms with E-state index in [0.717, 1.165) is 50.7 Å². The lowest BCUT2D eigenvalue weighted by atomic mass is 9.46. The summed E-state index contributed by atoms with van der Waals surface area (Å²) in [4.78, 5) is 42.0. The van der Waals surface area contributed by atoms with Crippen LogP contribution in [0.15, 0.2) is 16.8 Å². The Kier molecular flexibility index (Phi) is 9.15. The first-order valence-corrected chi connectivity index (χ1v) is 15.3. The van der Waals surface area contributed by atoms with Gasteiger partial charge in [0.15, 0.2) is 12.6 Å². The Labute approximate surface area is 248 Å². The van der Waals surface area contributed by atoms with E-state index < -0.39 is 41.6 Å². The van der Waals surface area contributed by atoms with Crippen molar-refractivity contribution in [2.75, 3.05) is 6.61 Å². The Morgan fingerprint density at radius 3 is 2.38 bits per heavy atom. The summed E-state index contributed by atoms with van der Waals surface area (Å²) < 4.78 is 0. The standard InChI is InChI=1S/C32H47N3O7/c1-7-32(41)15-12-24-22-9-8-20-16-21(10-13-30(20,5)23(22)11-14-31(24,32)6)35-42-17-25(37)33-26(18(2)3)28(38)34-27(19(4)36)29(39)40/h1,16,18-19,22-24,26-27,36,41H,8-15,17H2,2-6H3,(H,33,37)(H,34,38)(H,39,40)/b35-21-/t19-,22-,23-,24-,26+,27+,30+,31+,32-/m1/s1. The average Bonchev–Trinajstić information content (AvgIpc) is 3.20. The highest BCUT2D eigenvalue weighted by Gasteiger charge is 2.63. The lowest BCUT2D eigenvalue weighted by Crippen LogP contribution is -2.56. The maximum Gasteiger partial charge on any atom is 0.328 e. The van der Waals surface area contributed by atoms with Crippen molar-refractivity contribution in [3.05, 3.63) is 11.6 Å². The van der Waals surface area contributed by atoms with E-state index in [1.165, 1.54) is 12.5 Å². The molecule has 5 N–H and O–H groups in total. The molecule has 0 aromatic rings. The number of carbonyl (C=O) groups is 3. The molecule has 9 atom stereocenters. The van der Waals surface area contributed by atoms with Gasteiger partial charge in [-0.3, -0.25) is 9.59 Å². The molecule has 0 bridgehead atoms. The summed E-state index contributed by atoms with van der Waals surface area (Å²) in [5.41, 5.74) is 0.998. The van der Waals surface area contributed by atoms with E-state index in [1.807, 2.05) is 0 Å². The average molecular weight is 586 g/mol. The summed E-state index contributed by atoms with van der Waals surface area (Å²) in [6.07, 6.45) is 14.0. The second-order valence-corrected chi connectivity index (χ2v) is 13.7. The molecule has 0 saturated heterocycles. The fourth-order valence-corrected chi connectivity index (χ4v) is 8.45. The van der Waals surface area contributed by atoms with Crippen molar-refractivity contribution in [2.45, 2.75) is 110 Å². The van der Waals surface area contributed by atoms with Crippen molar-refractivity contribution in [2.24, 2.45) is 39.7 Å². The number of hydrogen-bond acceptors (Lipinski definition) is 7. The highest BCUT2D eigenvalue weighted by molar-refractivity contribution is 5.96. The molecule has 0 heterocycles. The lowest BCUT2D eigenvalue weighted by molar-refractivity contribution is -0.145. The Morgan fingerprint density at radius 2 is 1.76 bits per heavy atom. The van der Waals surface area contributed by atoms with Gasteiger partial charge in [-0.1, -0.05) is 44.3 Å². The van der Waals surface area contributed by atoms with Gasteiger partial charge in [-0.2, -0.15) is 0 Å². The summed E-state index contributed by atoms with van der Waals surface area (Å²) in [5, 5.41) is 39.2. The monoisotopic (exact) mass is 585 g/mol. The molecule has 4 rings (SSSR count). The van der Waals surface area contributed by atoms with Gasteiger partial charge < -0.3 is 30.8 Å². The zero-order valence-corrected chi connectivity index (χ0v) is 25.5. The number of aliphatic carboxylic acids is 1. The number of aliphatic hydroxyl groups is 2. The molecule has 4 aliphatic carbocycles. The molecule has 0 spiro atoms. The number of hydrogen-bond donors (Lipinski definition) is 5. The number of aliphatic hydroxyl groups excluding tert-OH is 1. The van der Waals surface area contributed by atoms with Crippen molar-refractivity contribution in [1.29, 1.82) is 0 Å². The number of carboxylic acids is 1. The number of nitrogens with zero attached hydrogens (tertiary/aromatic N) is 1. The molecule has 10 heteroatoms. The van der Waals surface area contributed by atoms with E-state index in [-0.39, 0.29) is 23.4 Å². The molecule has 42 heavy (non-hydrogen) atoms. The maximum absolute atomic E-state index is 12.7. The number of carbonyl (C=O) groups excluding carboxylic acids is 2. The Hall–Kier alpha value is -2.90. The van der Waals surface area contributed by atoms with Crippen molar-refractivity contribution >= 4 is 23.5 Å². The van der Waals surface area contributed by atoms with E-state index in [0.29, 0.717) is 24.2 Å². The first-order valence-electron chi connectivity index (χ1n) is 15.3. The summed E-state index contributed by atoms with van der Waals surface area (Å²) in [6.45, 7) is 8.89. The van der Waals surface area contributed by atoms with Crippen molar-refractivity contribution < 1.29 is 34.5 Å². The minimum absolute atomic E-state index is 0.0647. The summed E-state index contributed by atoms with van der Waals surface area (Å²) in [5.74, 6) is 1.31. The molecular formula is C32H47N3O7.